The summed E-state index contributed by atoms with van der Waals surface area (Å²) in [6.07, 6.45) is 5.27. The number of nitrogens with zero attached hydrogens (tertiary/aromatic N) is 1. The molecule has 0 radical (unpaired) electrons. The number of hydrogen-bond donors (Lipinski definition) is 2. The van der Waals surface area contributed by atoms with E-state index in [-0.39, 0.29) is 5.56 Å². The highest BCUT2D eigenvalue weighted by atomic mass is 16.1. The summed E-state index contributed by atoms with van der Waals surface area (Å²) in [5.74, 6) is 0. The Morgan fingerprint density at radius 3 is 2.50 bits per heavy atom. The Kier molecular flexibility index (Phi) is 3.13. The molecule has 0 aliphatic heterocycles. The molecule has 0 aliphatic rings. The van der Waals surface area contributed by atoms with E-state index in [0.29, 0.717) is 0 Å². The van der Waals surface area contributed by atoms with Crippen molar-refractivity contribution in [3.05, 3.63) is 65.3 Å². The molecule has 0 unspecified atom stereocenters. The third kappa shape index (κ3) is 2.57. The van der Waals surface area contributed by atoms with Crippen LogP contribution in [0.15, 0.2) is 59.8 Å². The molecule has 16 heavy (non-hydrogen) atoms. The quantitative estimate of drug-likeness (QED) is 0.599. The second-order valence-electron chi connectivity index (χ2n) is 3.14. The lowest BCUT2D eigenvalue weighted by molar-refractivity contribution is 1.24. The zero-order chi connectivity index (χ0) is 11.2. The molecule has 3 heterocycles. The summed E-state index contributed by atoms with van der Waals surface area (Å²) in [4.78, 5) is 19.9. The summed E-state index contributed by atoms with van der Waals surface area (Å²) in [5.41, 5.74) is 2.07. The summed E-state index contributed by atoms with van der Waals surface area (Å²) >= 11 is 0. The van der Waals surface area contributed by atoms with Gasteiger partial charge in [-0.3, -0.25) is 9.78 Å². The first-order chi connectivity index (χ1) is 7.86. The number of aromatic amines is 2. The predicted octanol–water partition coefficient (Wildman–Crippen LogP) is 1.94. The minimum Gasteiger partial charge on any atom is -0.360 e. The molecule has 0 aromatic carbocycles. The van der Waals surface area contributed by atoms with Crippen LogP contribution >= 0.6 is 0 Å². The first-order valence-corrected chi connectivity index (χ1v) is 4.88. The van der Waals surface area contributed by atoms with Crippen LogP contribution in [0.2, 0.25) is 0 Å². The van der Waals surface area contributed by atoms with Crippen LogP contribution in [0.3, 0.4) is 0 Å². The van der Waals surface area contributed by atoms with Crippen molar-refractivity contribution in [3.8, 4) is 0 Å². The Labute approximate surface area is 92.0 Å². The number of nitrogens with one attached hydrogen (secondary N) is 2. The van der Waals surface area contributed by atoms with E-state index < -0.39 is 0 Å². The van der Waals surface area contributed by atoms with Gasteiger partial charge in [0.15, 0.2) is 0 Å². The van der Waals surface area contributed by atoms with E-state index >= 15 is 0 Å². The van der Waals surface area contributed by atoms with Crippen LogP contribution in [0.25, 0.3) is 11.0 Å². The van der Waals surface area contributed by atoms with Gasteiger partial charge in [-0.15, -0.1) is 0 Å². The Morgan fingerprint density at radius 1 is 0.938 bits per heavy atom. The zero-order valence-electron chi connectivity index (χ0n) is 8.55. The van der Waals surface area contributed by atoms with E-state index in [9.17, 15) is 4.79 Å². The molecule has 0 bridgehead atoms. The molecular weight excluding hydrogens is 202 g/mol. The van der Waals surface area contributed by atoms with Gasteiger partial charge in [-0.1, -0.05) is 6.07 Å². The van der Waals surface area contributed by atoms with Gasteiger partial charge in [-0.2, -0.15) is 0 Å². The van der Waals surface area contributed by atoms with E-state index in [0.717, 1.165) is 11.0 Å². The van der Waals surface area contributed by atoms with E-state index in [2.05, 4.69) is 15.0 Å². The van der Waals surface area contributed by atoms with E-state index in [4.69, 9.17) is 0 Å². The number of rotatable bonds is 0. The molecule has 0 saturated heterocycles. The summed E-state index contributed by atoms with van der Waals surface area (Å²) in [5, 5.41) is 0. The highest BCUT2D eigenvalue weighted by Gasteiger charge is 1.88. The molecule has 0 spiro atoms. The van der Waals surface area contributed by atoms with Gasteiger partial charge >= 0.3 is 0 Å². The minimum atomic E-state index is -0.0532. The number of pyridine rings is 2. The van der Waals surface area contributed by atoms with Crippen LogP contribution in [-0.4, -0.2) is 15.0 Å². The molecule has 0 aliphatic carbocycles. The predicted molar refractivity (Wildman–Crippen MR) is 63.2 cm³/mol. The van der Waals surface area contributed by atoms with Crippen LogP contribution in [0.5, 0.6) is 0 Å². The van der Waals surface area contributed by atoms with Crippen molar-refractivity contribution in [2.24, 2.45) is 0 Å². The third-order valence-electron chi connectivity index (χ3n) is 2.00. The van der Waals surface area contributed by atoms with Gasteiger partial charge in [-0.25, -0.2) is 0 Å². The highest BCUT2D eigenvalue weighted by Crippen LogP contribution is 2.05. The van der Waals surface area contributed by atoms with Crippen LogP contribution in [0, 0.1) is 0 Å². The minimum absolute atomic E-state index is 0.0532. The van der Waals surface area contributed by atoms with Crippen molar-refractivity contribution in [2.45, 2.75) is 0 Å². The first kappa shape index (κ1) is 10.2. The molecule has 80 valence electrons. The van der Waals surface area contributed by atoms with Crippen LogP contribution in [-0.2, 0) is 0 Å². The lowest BCUT2D eigenvalue weighted by Crippen LogP contribution is -1.98. The fourth-order valence-electron chi connectivity index (χ4n) is 1.26. The second-order valence-corrected chi connectivity index (χ2v) is 3.14. The fourth-order valence-corrected chi connectivity index (χ4v) is 1.26. The highest BCUT2D eigenvalue weighted by molar-refractivity contribution is 5.73. The van der Waals surface area contributed by atoms with Crippen molar-refractivity contribution < 1.29 is 0 Å². The number of fused-ring (bicyclic) bond motifs is 1. The standard InChI is InChI=1S/C7H6N2.C5H5NO/c1-2-6-7(8-4-1)3-5-9-6;7-5-3-1-2-4-6-5/h1-5,9H;1-4H,(H,6,7). The van der Waals surface area contributed by atoms with Gasteiger partial charge in [0.25, 0.3) is 0 Å². The third-order valence-corrected chi connectivity index (χ3v) is 2.00. The molecule has 3 rings (SSSR count). The molecule has 3 aromatic rings. The number of hydrogen-bond acceptors (Lipinski definition) is 2. The normalized spacial score (nSPS) is 9.50. The molecule has 3 aromatic heterocycles. The lowest BCUT2D eigenvalue weighted by atomic mass is 10.4. The zero-order valence-corrected chi connectivity index (χ0v) is 8.55. The second kappa shape index (κ2) is 4.93. The summed E-state index contributed by atoms with van der Waals surface area (Å²) in [7, 11) is 0. The average Bonchev–Trinajstić information content (AvgIpc) is 2.79. The van der Waals surface area contributed by atoms with Crippen LogP contribution < -0.4 is 5.56 Å². The topological polar surface area (TPSA) is 61.5 Å². The fraction of sp³-hybridized carbons (Fsp3) is 0. The van der Waals surface area contributed by atoms with Crippen molar-refractivity contribution >= 4 is 11.0 Å². The molecular formula is C12H11N3O. The first-order valence-electron chi connectivity index (χ1n) is 4.88. The average molecular weight is 213 g/mol. The molecule has 0 amide bonds. The Morgan fingerprint density at radius 2 is 1.88 bits per heavy atom. The molecule has 4 heteroatoms. The molecule has 0 atom stereocenters. The van der Waals surface area contributed by atoms with Gasteiger partial charge in [0.05, 0.1) is 11.0 Å². The lowest BCUT2D eigenvalue weighted by Gasteiger charge is -1.82. The van der Waals surface area contributed by atoms with Crippen molar-refractivity contribution in [1.82, 2.24) is 15.0 Å². The van der Waals surface area contributed by atoms with Gasteiger partial charge in [-0.05, 0) is 24.3 Å². The molecule has 0 saturated carbocycles. The number of H-pyrrole nitrogens is 2. The molecule has 4 nitrogen and oxygen atoms in total. The molecule has 0 fully saturated rings. The Bertz CT molecular complexity index is 565. The molecule has 2 N–H and O–H groups in total. The van der Waals surface area contributed by atoms with Crippen LogP contribution in [0.1, 0.15) is 0 Å². The summed E-state index contributed by atoms with van der Waals surface area (Å²) in [6.45, 7) is 0. The maximum Gasteiger partial charge on any atom is 0.247 e. The van der Waals surface area contributed by atoms with Gasteiger partial charge < -0.3 is 9.97 Å². The van der Waals surface area contributed by atoms with E-state index in [1.54, 1.807) is 24.5 Å². The summed E-state index contributed by atoms with van der Waals surface area (Å²) < 4.78 is 0. The largest absolute Gasteiger partial charge is 0.360 e. The van der Waals surface area contributed by atoms with Crippen molar-refractivity contribution in [3.63, 3.8) is 0 Å². The maximum absolute atomic E-state index is 10.2. The van der Waals surface area contributed by atoms with Crippen LogP contribution in [0.4, 0.5) is 0 Å². The monoisotopic (exact) mass is 213 g/mol. The van der Waals surface area contributed by atoms with Gasteiger partial charge in [0.2, 0.25) is 5.56 Å². The maximum atomic E-state index is 10.2. The van der Waals surface area contributed by atoms with E-state index in [1.807, 2.05) is 24.4 Å². The Hall–Kier alpha value is -2.36. The SMILES string of the molecule is O=c1cccc[nH]1.c1cnc2cc[nH]c2c1. The van der Waals surface area contributed by atoms with Crippen molar-refractivity contribution in [1.29, 1.82) is 0 Å². The Balaban J connectivity index is 0.000000125. The van der Waals surface area contributed by atoms with E-state index in [1.165, 1.54) is 6.07 Å². The van der Waals surface area contributed by atoms with Gasteiger partial charge in [0.1, 0.15) is 0 Å². The smallest absolute Gasteiger partial charge is 0.247 e. The number of aromatic nitrogens is 3. The van der Waals surface area contributed by atoms with Crippen molar-refractivity contribution in [2.75, 3.05) is 0 Å². The van der Waals surface area contributed by atoms with Gasteiger partial charge in [0, 0.05) is 24.7 Å². The summed E-state index contributed by atoms with van der Waals surface area (Å²) in [6, 6.07) is 10.8.